The quantitative estimate of drug-likeness (QED) is 0.830. The summed E-state index contributed by atoms with van der Waals surface area (Å²) in [7, 11) is 0. The Morgan fingerprint density at radius 3 is 2.96 bits per heavy atom. The van der Waals surface area contributed by atoms with Crippen LogP contribution in [0.2, 0.25) is 0 Å². The molecule has 0 aliphatic carbocycles. The van der Waals surface area contributed by atoms with E-state index in [4.69, 9.17) is 5.73 Å². The number of benzene rings is 1. The summed E-state index contributed by atoms with van der Waals surface area (Å²) in [5.41, 5.74) is 11.0. The maximum atomic E-state index is 9.70. The second-order valence-corrected chi connectivity index (χ2v) is 6.97. The van der Waals surface area contributed by atoms with Gasteiger partial charge in [-0.15, -0.1) is 11.8 Å². The van der Waals surface area contributed by atoms with Crippen LogP contribution in [0.5, 0.6) is 0 Å². The van der Waals surface area contributed by atoms with Crippen LogP contribution in [0, 0.1) is 11.3 Å². The summed E-state index contributed by atoms with van der Waals surface area (Å²) in [6.45, 7) is 0. The zero-order chi connectivity index (χ0) is 16.0. The lowest BCUT2D eigenvalue weighted by atomic mass is 9.88. The SMILES string of the molecule is CSc1ccccc1-c1c(C#N)c(N)nc2c1[C@H]1CC[C@@H](C2)N1. The minimum atomic E-state index is 0.286. The largest absolute Gasteiger partial charge is 0.383 e. The van der Waals surface area contributed by atoms with E-state index in [2.05, 4.69) is 34.8 Å². The first-order valence-electron chi connectivity index (χ1n) is 7.84. The number of thioether (sulfide) groups is 1. The molecule has 1 aromatic carbocycles. The van der Waals surface area contributed by atoms with Crippen molar-refractivity contribution in [3.63, 3.8) is 0 Å². The maximum Gasteiger partial charge on any atom is 0.142 e. The molecular weight excluding hydrogens is 304 g/mol. The van der Waals surface area contributed by atoms with Crippen molar-refractivity contribution >= 4 is 17.6 Å². The van der Waals surface area contributed by atoms with E-state index in [0.29, 0.717) is 17.4 Å². The highest BCUT2D eigenvalue weighted by molar-refractivity contribution is 7.98. The van der Waals surface area contributed by atoms with E-state index in [-0.39, 0.29) is 6.04 Å². The number of pyridine rings is 1. The number of hydrogen-bond acceptors (Lipinski definition) is 5. The van der Waals surface area contributed by atoms with Crippen LogP contribution in [0.4, 0.5) is 5.82 Å². The molecule has 2 aliphatic heterocycles. The molecule has 4 rings (SSSR count). The van der Waals surface area contributed by atoms with Gasteiger partial charge in [-0.2, -0.15) is 5.26 Å². The number of hydrogen-bond donors (Lipinski definition) is 2. The number of nitrogen functional groups attached to an aromatic ring is 1. The van der Waals surface area contributed by atoms with E-state index in [1.807, 2.05) is 12.1 Å². The van der Waals surface area contributed by atoms with E-state index in [9.17, 15) is 5.26 Å². The molecule has 0 spiro atoms. The first-order valence-corrected chi connectivity index (χ1v) is 9.07. The molecule has 4 nitrogen and oxygen atoms in total. The monoisotopic (exact) mass is 322 g/mol. The van der Waals surface area contributed by atoms with Crippen LogP contribution < -0.4 is 11.1 Å². The molecule has 0 unspecified atom stereocenters. The molecule has 2 aromatic rings. The van der Waals surface area contributed by atoms with Crippen LogP contribution in [0.25, 0.3) is 11.1 Å². The number of nitrogens with two attached hydrogens (primary N) is 1. The van der Waals surface area contributed by atoms with Crippen molar-refractivity contribution in [2.24, 2.45) is 0 Å². The number of anilines is 1. The molecular formula is C18H18N4S. The number of aromatic nitrogens is 1. The van der Waals surface area contributed by atoms with E-state index in [0.717, 1.165) is 41.0 Å². The Morgan fingerprint density at radius 2 is 2.17 bits per heavy atom. The second kappa shape index (κ2) is 5.55. The summed E-state index contributed by atoms with van der Waals surface area (Å²) in [5.74, 6) is 0.360. The first kappa shape index (κ1) is 14.6. The molecule has 0 saturated carbocycles. The third-order valence-electron chi connectivity index (χ3n) is 4.86. The van der Waals surface area contributed by atoms with Gasteiger partial charge in [0.25, 0.3) is 0 Å². The molecule has 23 heavy (non-hydrogen) atoms. The minimum Gasteiger partial charge on any atom is -0.383 e. The van der Waals surface area contributed by atoms with Gasteiger partial charge in [0.1, 0.15) is 17.5 Å². The average molecular weight is 322 g/mol. The predicted molar refractivity (Wildman–Crippen MR) is 93.2 cm³/mol. The van der Waals surface area contributed by atoms with Gasteiger partial charge in [0.2, 0.25) is 0 Å². The topological polar surface area (TPSA) is 74.7 Å². The summed E-state index contributed by atoms with van der Waals surface area (Å²) in [5, 5.41) is 13.4. The molecule has 3 heterocycles. The van der Waals surface area contributed by atoms with Gasteiger partial charge in [-0.1, -0.05) is 18.2 Å². The zero-order valence-corrected chi connectivity index (χ0v) is 13.8. The Hall–Kier alpha value is -2.03. The van der Waals surface area contributed by atoms with Crippen LogP contribution in [-0.4, -0.2) is 17.3 Å². The molecule has 2 bridgehead atoms. The highest BCUT2D eigenvalue weighted by Gasteiger charge is 2.36. The van der Waals surface area contributed by atoms with Gasteiger partial charge >= 0.3 is 0 Å². The molecule has 2 aliphatic rings. The third-order valence-corrected chi connectivity index (χ3v) is 5.65. The lowest BCUT2D eigenvalue weighted by Crippen LogP contribution is -2.33. The standard InChI is InChI=1S/C18H18N4S/c1-23-15-5-3-2-4-11(15)16-12(9-19)18(20)22-14-8-10-6-7-13(21-10)17(14)16/h2-5,10,13,21H,6-8H2,1H3,(H2,20,22)/t10-,13+/m0/s1. The van der Waals surface area contributed by atoms with Gasteiger partial charge in [0.05, 0.1) is 0 Å². The van der Waals surface area contributed by atoms with Crippen LogP contribution in [0.15, 0.2) is 29.2 Å². The second-order valence-electron chi connectivity index (χ2n) is 6.12. The van der Waals surface area contributed by atoms with Crippen LogP contribution >= 0.6 is 11.8 Å². The molecule has 0 radical (unpaired) electrons. The smallest absolute Gasteiger partial charge is 0.142 e. The third kappa shape index (κ3) is 2.21. The summed E-state index contributed by atoms with van der Waals surface area (Å²) >= 11 is 1.69. The van der Waals surface area contributed by atoms with Crippen molar-refractivity contribution in [3.8, 4) is 17.2 Å². The van der Waals surface area contributed by atoms with E-state index >= 15 is 0 Å². The molecule has 1 fully saturated rings. The molecule has 3 N–H and O–H groups in total. The fourth-order valence-corrected chi connectivity index (χ4v) is 4.49. The van der Waals surface area contributed by atoms with E-state index in [1.165, 1.54) is 5.56 Å². The Labute approximate surface area is 140 Å². The predicted octanol–water partition coefficient (Wildman–Crippen LogP) is 3.27. The number of fused-ring (bicyclic) bond motifs is 4. The number of nitrogens with one attached hydrogen (secondary N) is 1. The van der Waals surface area contributed by atoms with Crippen molar-refractivity contribution in [2.75, 3.05) is 12.0 Å². The lowest BCUT2D eigenvalue weighted by Gasteiger charge is -2.28. The van der Waals surface area contributed by atoms with E-state index in [1.54, 1.807) is 11.8 Å². The Morgan fingerprint density at radius 1 is 1.35 bits per heavy atom. The highest BCUT2D eigenvalue weighted by Crippen LogP contribution is 2.45. The number of nitriles is 1. The van der Waals surface area contributed by atoms with Crippen LogP contribution in [0.3, 0.4) is 0 Å². The molecule has 1 saturated heterocycles. The highest BCUT2D eigenvalue weighted by atomic mass is 32.2. The number of nitrogens with zero attached hydrogens (tertiary/aromatic N) is 2. The molecule has 5 heteroatoms. The summed E-state index contributed by atoms with van der Waals surface area (Å²) < 4.78 is 0. The molecule has 1 aromatic heterocycles. The Balaban J connectivity index is 2.06. The Bertz CT molecular complexity index is 825. The fraction of sp³-hybridized carbons (Fsp3) is 0.333. The van der Waals surface area contributed by atoms with Crippen molar-refractivity contribution in [2.45, 2.75) is 36.2 Å². The van der Waals surface area contributed by atoms with Crippen molar-refractivity contribution in [3.05, 3.63) is 41.1 Å². The van der Waals surface area contributed by atoms with Crippen LogP contribution in [0.1, 0.15) is 35.7 Å². The average Bonchev–Trinajstić information content (AvgIpc) is 2.95. The number of rotatable bonds is 2. The van der Waals surface area contributed by atoms with Crippen molar-refractivity contribution in [1.82, 2.24) is 10.3 Å². The molecule has 0 amide bonds. The zero-order valence-electron chi connectivity index (χ0n) is 13.0. The van der Waals surface area contributed by atoms with Gasteiger partial charge < -0.3 is 11.1 Å². The molecule has 116 valence electrons. The normalized spacial score (nSPS) is 21.7. The van der Waals surface area contributed by atoms with Crippen LogP contribution in [-0.2, 0) is 6.42 Å². The first-order chi connectivity index (χ1) is 11.2. The van der Waals surface area contributed by atoms with Gasteiger partial charge in [-0.25, -0.2) is 4.98 Å². The summed E-state index contributed by atoms with van der Waals surface area (Å²) in [6, 6.07) is 11.3. The lowest BCUT2D eigenvalue weighted by molar-refractivity contribution is 0.508. The Kier molecular flexibility index (Phi) is 3.51. The fourth-order valence-electron chi connectivity index (χ4n) is 3.88. The molecule has 2 atom stereocenters. The van der Waals surface area contributed by atoms with Gasteiger partial charge in [-0.3, -0.25) is 0 Å². The summed E-state index contributed by atoms with van der Waals surface area (Å²) in [6.07, 6.45) is 5.22. The maximum absolute atomic E-state index is 9.70. The summed E-state index contributed by atoms with van der Waals surface area (Å²) in [4.78, 5) is 5.74. The van der Waals surface area contributed by atoms with E-state index < -0.39 is 0 Å². The van der Waals surface area contributed by atoms with Crippen molar-refractivity contribution in [1.29, 1.82) is 5.26 Å². The van der Waals surface area contributed by atoms with Gasteiger partial charge in [0, 0.05) is 34.7 Å². The van der Waals surface area contributed by atoms with Gasteiger partial charge in [-0.05, 0) is 36.3 Å². The minimum absolute atomic E-state index is 0.286. The van der Waals surface area contributed by atoms with Gasteiger partial charge in [0.15, 0.2) is 0 Å². The van der Waals surface area contributed by atoms with Crippen molar-refractivity contribution < 1.29 is 0 Å².